The van der Waals surface area contributed by atoms with E-state index in [0.29, 0.717) is 24.6 Å². The smallest absolute Gasteiger partial charge is 0.227 e. The molecule has 0 fully saturated rings. The van der Waals surface area contributed by atoms with Crippen LogP contribution in [-0.2, 0) is 24.2 Å². The van der Waals surface area contributed by atoms with E-state index in [9.17, 15) is 4.79 Å². The topological polar surface area (TPSA) is 85.8 Å². The normalized spacial score (nSPS) is 17.3. The molecule has 1 amide bonds. The Bertz CT molecular complexity index is 688. The summed E-state index contributed by atoms with van der Waals surface area (Å²) < 4.78 is 7.30. The van der Waals surface area contributed by atoms with E-state index in [1.165, 1.54) is 0 Å². The zero-order valence-corrected chi connectivity index (χ0v) is 13.9. The molecule has 3 rings (SSSR count). The molecule has 0 spiro atoms. The van der Waals surface area contributed by atoms with Crippen molar-refractivity contribution in [3.8, 4) is 0 Å². The van der Waals surface area contributed by atoms with Crippen LogP contribution in [0.4, 0.5) is 0 Å². The molecule has 2 aromatic heterocycles. The summed E-state index contributed by atoms with van der Waals surface area (Å²) in [7, 11) is 0. The van der Waals surface area contributed by atoms with Gasteiger partial charge in [0.2, 0.25) is 11.8 Å². The van der Waals surface area contributed by atoms with Crippen LogP contribution in [0.3, 0.4) is 0 Å². The first-order chi connectivity index (χ1) is 11.0. The fraction of sp³-hybridized carbons (Fsp3) is 0.625. The molecule has 1 N–H and O–H groups in total. The van der Waals surface area contributed by atoms with Gasteiger partial charge in [-0.25, -0.2) is 4.98 Å². The van der Waals surface area contributed by atoms with Crippen molar-refractivity contribution in [3.05, 3.63) is 29.4 Å². The quantitative estimate of drug-likeness (QED) is 0.908. The third kappa shape index (κ3) is 3.78. The van der Waals surface area contributed by atoms with Gasteiger partial charge < -0.3 is 14.4 Å². The number of carbonyl (C=O) groups excluding carboxylic acids is 1. The highest BCUT2D eigenvalue weighted by Crippen LogP contribution is 2.15. The largest absolute Gasteiger partial charge is 0.352 e. The Morgan fingerprint density at radius 1 is 1.48 bits per heavy atom. The molecule has 3 heterocycles. The summed E-state index contributed by atoms with van der Waals surface area (Å²) in [5, 5.41) is 7.00. The maximum absolute atomic E-state index is 12.1. The molecule has 1 aliphatic rings. The second-order valence-electron chi connectivity index (χ2n) is 6.46. The molecule has 1 aliphatic heterocycles. The molecular weight excluding hydrogens is 294 g/mol. The molecule has 1 atom stereocenters. The molecule has 2 aromatic rings. The number of nitrogens with one attached hydrogen (secondary N) is 1. The van der Waals surface area contributed by atoms with Crippen LogP contribution in [0.5, 0.6) is 0 Å². The third-order valence-corrected chi connectivity index (χ3v) is 4.04. The molecule has 0 unspecified atom stereocenters. The molecule has 0 aliphatic carbocycles. The molecule has 0 bridgehead atoms. The van der Waals surface area contributed by atoms with Gasteiger partial charge >= 0.3 is 0 Å². The highest BCUT2D eigenvalue weighted by atomic mass is 16.5. The molecule has 0 radical (unpaired) electrons. The van der Waals surface area contributed by atoms with Gasteiger partial charge in [-0.1, -0.05) is 19.0 Å². The second-order valence-corrected chi connectivity index (χ2v) is 6.46. The van der Waals surface area contributed by atoms with E-state index in [-0.39, 0.29) is 17.9 Å². The summed E-state index contributed by atoms with van der Waals surface area (Å²) in [6.45, 7) is 6.81. The SMILES string of the molecule is Cc1cn2c(n1)CC[C@@H](NC(=O)CCc1nc(C(C)C)no1)C2. The fourth-order valence-corrected chi connectivity index (χ4v) is 2.83. The van der Waals surface area contributed by atoms with E-state index in [1.807, 2.05) is 27.0 Å². The van der Waals surface area contributed by atoms with Crippen LogP contribution in [0.25, 0.3) is 0 Å². The summed E-state index contributed by atoms with van der Waals surface area (Å²) in [5.41, 5.74) is 1.03. The Labute approximate surface area is 135 Å². The molecule has 23 heavy (non-hydrogen) atoms. The lowest BCUT2D eigenvalue weighted by molar-refractivity contribution is -0.122. The van der Waals surface area contributed by atoms with E-state index in [4.69, 9.17) is 4.52 Å². The van der Waals surface area contributed by atoms with Gasteiger partial charge in [-0.2, -0.15) is 4.98 Å². The number of fused-ring (bicyclic) bond motifs is 1. The summed E-state index contributed by atoms with van der Waals surface area (Å²) in [5.74, 6) is 2.59. The van der Waals surface area contributed by atoms with Crippen molar-refractivity contribution in [2.24, 2.45) is 0 Å². The third-order valence-electron chi connectivity index (χ3n) is 4.04. The molecule has 0 saturated heterocycles. The van der Waals surface area contributed by atoms with Crippen molar-refractivity contribution in [1.82, 2.24) is 25.0 Å². The highest BCUT2D eigenvalue weighted by molar-refractivity contribution is 5.76. The Hall–Kier alpha value is -2.18. The maximum atomic E-state index is 12.1. The van der Waals surface area contributed by atoms with Crippen LogP contribution >= 0.6 is 0 Å². The predicted octanol–water partition coefficient (Wildman–Crippen LogP) is 1.76. The Morgan fingerprint density at radius 3 is 3.04 bits per heavy atom. The van der Waals surface area contributed by atoms with Crippen molar-refractivity contribution in [3.63, 3.8) is 0 Å². The first kappa shape index (κ1) is 15.7. The van der Waals surface area contributed by atoms with Crippen LogP contribution in [-0.4, -0.2) is 31.6 Å². The van der Waals surface area contributed by atoms with Gasteiger partial charge in [-0.3, -0.25) is 4.79 Å². The van der Waals surface area contributed by atoms with Gasteiger partial charge in [0.1, 0.15) is 5.82 Å². The number of hydrogen-bond acceptors (Lipinski definition) is 5. The van der Waals surface area contributed by atoms with E-state index in [1.54, 1.807) is 0 Å². The van der Waals surface area contributed by atoms with Crippen LogP contribution in [0.15, 0.2) is 10.7 Å². The number of carbonyl (C=O) groups is 1. The average Bonchev–Trinajstić information content (AvgIpc) is 3.10. The number of imidazole rings is 1. The number of amides is 1. The first-order valence-electron chi connectivity index (χ1n) is 8.15. The standard InChI is InChI=1S/C16H23N5O2/c1-10(2)16-19-15(23-20-16)7-6-14(22)18-12-4-5-13-17-11(3)8-21(13)9-12/h8,10,12H,4-7,9H2,1-3H3,(H,18,22)/t12-/m1/s1. The lowest BCUT2D eigenvalue weighted by Crippen LogP contribution is -2.41. The number of rotatable bonds is 5. The van der Waals surface area contributed by atoms with Crippen molar-refractivity contribution in [1.29, 1.82) is 0 Å². The minimum atomic E-state index is 0.0274. The van der Waals surface area contributed by atoms with E-state index >= 15 is 0 Å². The molecule has 0 aromatic carbocycles. The number of hydrogen-bond donors (Lipinski definition) is 1. The minimum Gasteiger partial charge on any atom is -0.352 e. The lowest BCUT2D eigenvalue weighted by Gasteiger charge is -2.24. The van der Waals surface area contributed by atoms with E-state index in [2.05, 4.69) is 25.0 Å². The van der Waals surface area contributed by atoms with Crippen LogP contribution < -0.4 is 5.32 Å². The van der Waals surface area contributed by atoms with E-state index in [0.717, 1.165) is 30.9 Å². The van der Waals surface area contributed by atoms with Gasteiger partial charge in [-0.05, 0) is 13.3 Å². The summed E-state index contributed by atoms with van der Waals surface area (Å²) in [6.07, 6.45) is 4.72. The number of aromatic nitrogens is 4. The minimum absolute atomic E-state index is 0.0274. The van der Waals surface area contributed by atoms with Gasteiger partial charge in [-0.15, -0.1) is 0 Å². The fourth-order valence-electron chi connectivity index (χ4n) is 2.83. The van der Waals surface area contributed by atoms with Crippen LogP contribution in [0, 0.1) is 6.92 Å². The lowest BCUT2D eigenvalue weighted by atomic mass is 10.1. The van der Waals surface area contributed by atoms with Gasteiger partial charge in [0, 0.05) is 44.0 Å². The summed E-state index contributed by atoms with van der Waals surface area (Å²) >= 11 is 0. The predicted molar refractivity (Wildman–Crippen MR) is 83.9 cm³/mol. The number of aryl methyl sites for hydroxylation is 3. The van der Waals surface area contributed by atoms with Crippen molar-refractivity contribution >= 4 is 5.91 Å². The molecule has 7 heteroatoms. The van der Waals surface area contributed by atoms with Crippen LogP contribution in [0.1, 0.15) is 55.8 Å². The highest BCUT2D eigenvalue weighted by Gasteiger charge is 2.21. The van der Waals surface area contributed by atoms with E-state index < -0.39 is 0 Å². The molecule has 0 saturated carbocycles. The molecular formula is C16H23N5O2. The van der Waals surface area contributed by atoms with Crippen molar-refractivity contribution in [2.45, 2.75) is 65.0 Å². The van der Waals surface area contributed by atoms with Crippen molar-refractivity contribution in [2.75, 3.05) is 0 Å². The molecule has 124 valence electrons. The molecule has 7 nitrogen and oxygen atoms in total. The monoisotopic (exact) mass is 317 g/mol. The summed E-state index contributed by atoms with van der Waals surface area (Å²) in [6, 6.07) is 0.164. The Morgan fingerprint density at radius 2 is 2.30 bits per heavy atom. The second kappa shape index (κ2) is 6.52. The average molecular weight is 317 g/mol. The van der Waals surface area contributed by atoms with Gasteiger partial charge in [0.15, 0.2) is 5.82 Å². The number of nitrogens with zero attached hydrogens (tertiary/aromatic N) is 4. The van der Waals surface area contributed by atoms with Gasteiger partial charge in [0.25, 0.3) is 0 Å². The zero-order chi connectivity index (χ0) is 16.4. The summed E-state index contributed by atoms with van der Waals surface area (Å²) in [4.78, 5) is 20.9. The van der Waals surface area contributed by atoms with Crippen LogP contribution in [0.2, 0.25) is 0 Å². The Balaban J connectivity index is 1.48. The van der Waals surface area contributed by atoms with Crippen molar-refractivity contribution < 1.29 is 9.32 Å². The van der Waals surface area contributed by atoms with Gasteiger partial charge in [0.05, 0.1) is 5.69 Å². The first-order valence-corrected chi connectivity index (χ1v) is 8.15. The Kier molecular flexibility index (Phi) is 4.45. The zero-order valence-electron chi connectivity index (χ0n) is 13.9. The maximum Gasteiger partial charge on any atom is 0.227 e.